The lowest BCUT2D eigenvalue weighted by Crippen LogP contribution is -2.15. The lowest BCUT2D eigenvalue weighted by molar-refractivity contribution is -0.0963. The quantitative estimate of drug-likeness (QED) is 0.848. The van der Waals surface area contributed by atoms with Crippen molar-refractivity contribution in [3.05, 3.63) is 29.5 Å². The van der Waals surface area contributed by atoms with Crippen molar-refractivity contribution in [1.29, 1.82) is 0 Å². The molecule has 0 aliphatic carbocycles. The predicted octanol–water partition coefficient (Wildman–Crippen LogP) is 3.57. The fraction of sp³-hybridized carbons (Fsp3) is 0.333. The minimum atomic E-state index is -3.70. The summed E-state index contributed by atoms with van der Waals surface area (Å²) in [5.74, 6) is 0.0276. The Kier molecular flexibility index (Phi) is 5.01. The van der Waals surface area contributed by atoms with Crippen LogP contribution < -0.4 is 10.5 Å². The number of nitrogens with one attached hydrogen (secondary N) is 1. The van der Waals surface area contributed by atoms with Crippen molar-refractivity contribution in [2.24, 2.45) is 5.73 Å². The zero-order valence-electron chi connectivity index (χ0n) is 10.2. The molecule has 3 nitrogen and oxygen atoms in total. The maximum absolute atomic E-state index is 12.6. The topological polar surface area (TPSA) is 51.0 Å². The van der Waals surface area contributed by atoms with Crippen LogP contribution in [0.2, 0.25) is 0 Å². The maximum atomic E-state index is 12.6. The van der Waals surface area contributed by atoms with E-state index >= 15 is 0 Å². The fourth-order valence-electron chi connectivity index (χ4n) is 2.03. The van der Waals surface area contributed by atoms with Crippen molar-refractivity contribution in [3.8, 4) is 5.75 Å². The number of hydrogen-bond donors (Lipinski definition) is 2. The Morgan fingerprint density at radius 1 is 1.42 bits per heavy atom. The molecule has 0 aliphatic rings. The molecule has 106 valence electrons. The average Bonchev–Trinajstić information content (AvgIpc) is 2.54. The number of aryl methyl sites for hydroxylation is 1. The van der Waals surface area contributed by atoms with E-state index in [0.717, 1.165) is 22.2 Å². The van der Waals surface area contributed by atoms with Crippen molar-refractivity contribution >= 4 is 34.9 Å². The molecule has 1 aromatic heterocycles. The van der Waals surface area contributed by atoms with Gasteiger partial charge in [0.05, 0.1) is 0 Å². The van der Waals surface area contributed by atoms with Gasteiger partial charge in [-0.25, -0.2) is 0 Å². The van der Waals surface area contributed by atoms with Crippen LogP contribution in [0.4, 0.5) is 8.78 Å². The third-order valence-electron chi connectivity index (χ3n) is 2.72. The van der Waals surface area contributed by atoms with Gasteiger partial charge in [-0.05, 0) is 43.7 Å². The number of alkyl halides is 3. The molecule has 0 amide bonds. The van der Waals surface area contributed by atoms with E-state index < -0.39 is 5.57 Å². The summed E-state index contributed by atoms with van der Waals surface area (Å²) in [5, 5.41) is 0.830. The lowest BCUT2D eigenvalue weighted by atomic mass is 10.1. The second-order valence-corrected chi connectivity index (χ2v) is 4.46. The smallest absolute Gasteiger partial charge is 0.420 e. The van der Waals surface area contributed by atoms with E-state index in [1.165, 1.54) is 6.07 Å². The van der Waals surface area contributed by atoms with E-state index in [0.29, 0.717) is 13.0 Å². The Morgan fingerprint density at radius 2 is 2.11 bits per heavy atom. The first-order valence-electron chi connectivity index (χ1n) is 5.48. The van der Waals surface area contributed by atoms with Crippen LogP contribution in [0.25, 0.3) is 10.9 Å². The standard InChI is InChI=1S/C12H13ClF2N2O.ClH/c1-7-9(4-5-16)10-6-8(18-12(13,14)15)2-3-11(10)17-7;/h2-3,6,17H,4-5,16H2,1H3;1H. The highest BCUT2D eigenvalue weighted by molar-refractivity contribution is 6.20. The number of H-pyrrole nitrogens is 1. The third kappa shape index (κ3) is 3.72. The summed E-state index contributed by atoms with van der Waals surface area (Å²) >= 11 is 4.74. The minimum Gasteiger partial charge on any atom is -0.420 e. The van der Waals surface area contributed by atoms with Gasteiger partial charge in [-0.2, -0.15) is 0 Å². The molecule has 1 heterocycles. The normalized spacial score (nSPS) is 11.4. The molecular weight excluding hydrogens is 297 g/mol. The monoisotopic (exact) mass is 310 g/mol. The maximum Gasteiger partial charge on any atom is 0.487 e. The highest BCUT2D eigenvalue weighted by Crippen LogP contribution is 2.30. The van der Waals surface area contributed by atoms with Gasteiger partial charge in [0.15, 0.2) is 0 Å². The van der Waals surface area contributed by atoms with Gasteiger partial charge in [0.1, 0.15) is 5.75 Å². The Bertz CT molecular complexity index is 567. The summed E-state index contributed by atoms with van der Waals surface area (Å²) in [6.07, 6.45) is 0.673. The van der Waals surface area contributed by atoms with Gasteiger partial charge >= 0.3 is 5.57 Å². The third-order valence-corrected chi connectivity index (χ3v) is 2.80. The molecule has 0 bridgehead atoms. The largest absolute Gasteiger partial charge is 0.487 e. The second kappa shape index (κ2) is 5.94. The summed E-state index contributed by atoms with van der Waals surface area (Å²) in [7, 11) is 0. The molecule has 19 heavy (non-hydrogen) atoms. The number of benzene rings is 1. The number of halogens is 4. The van der Waals surface area contributed by atoms with Crippen LogP contribution in [0.1, 0.15) is 11.3 Å². The van der Waals surface area contributed by atoms with Crippen LogP contribution in [0.5, 0.6) is 5.75 Å². The Labute approximate surface area is 120 Å². The second-order valence-electron chi connectivity index (χ2n) is 4.02. The van der Waals surface area contributed by atoms with Gasteiger partial charge in [0.2, 0.25) is 0 Å². The van der Waals surface area contributed by atoms with Crippen molar-refractivity contribution in [2.45, 2.75) is 18.9 Å². The molecule has 2 aromatic rings. The number of nitrogens with two attached hydrogens (primary N) is 1. The molecule has 0 aliphatic heterocycles. The molecule has 2 rings (SSSR count). The van der Waals surface area contributed by atoms with Crippen LogP contribution in [-0.2, 0) is 6.42 Å². The van der Waals surface area contributed by atoms with E-state index in [4.69, 9.17) is 17.3 Å². The van der Waals surface area contributed by atoms with Gasteiger partial charge in [-0.1, -0.05) is 0 Å². The number of aromatic amines is 1. The molecule has 3 N–H and O–H groups in total. The molecule has 7 heteroatoms. The van der Waals surface area contributed by atoms with Crippen molar-refractivity contribution < 1.29 is 13.5 Å². The van der Waals surface area contributed by atoms with E-state index in [9.17, 15) is 8.78 Å². The lowest BCUT2D eigenvalue weighted by Gasteiger charge is -2.10. The van der Waals surface area contributed by atoms with Crippen LogP contribution in [0, 0.1) is 6.92 Å². The van der Waals surface area contributed by atoms with Gasteiger partial charge in [-0.3, -0.25) is 0 Å². The predicted molar refractivity (Wildman–Crippen MR) is 74.5 cm³/mol. The van der Waals surface area contributed by atoms with Gasteiger partial charge in [0.25, 0.3) is 0 Å². The Morgan fingerprint density at radius 3 is 2.68 bits per heavy atom. The Balaban J connectivity index is 0.00000180. The van der Waals surface area contributed by atoms with E-state index in [1.54, 1.807) is 12.1 Å². The average molecular weight is 311 g/mol. The number of hydrogen-bond acceptors (Lipinski definition) is 2. The van der Waals surface area contributed by atoms with Gasteiger partial charge in [0, 0.05) is 28.2 Å². The molecule has 0 saturated carbocycles. The first kappa shape index (κ1) is 16.0. The van der Waals surface area contributed by atoms with Crippen LogP contribution in [-0.4, -0.2) is 17.1 Å². The van der Waals surface area contributed by atoms with Crippen LogP contribution >= 0.6 is 24.0 Å². The van der Waals surface area contributed by atoms with Crippen LogP contribution in [0.3, 0.4) is 0 Å². The summed E-state index contributed by atoms with van der Waals surface area (Å²) in [6.45, 7) is 2.41. The van der Waals surface area contributed by atoms with Crippen molar-refractivity contribution in [1.82, 2.24) is 4.98 Å². The molecule has 1 aromatic carbocycles. The molecule has 0 unspecified atom stereocenters. The first-order valence-corrected chi connectivity index (χ1v) is 5.85. The molecular formula is C12H14Cl2F2N2O. The number of rotatable bonds is 4. The van der Waals surface area contributed by atoms with E-state index in [1.807, 2.05) is 6.92 Å². The highest BCUT2D eigenvalue weighted by Gasteiger charge is 2.27. The minimum absolute atomic E-state index is 0. The fourth-order valence-corrected chi connectivity index (χ4v) is 2.11. The summed E-state index contributed by atoms with van der Waals surface area (Å²) in [4.78, 5) is 3.17. The summed E-state index contributed by atoms with van der Waals surface area (Å²) in [5.41, 5.74) is 4.68. The zero-order chi connectivity index (χ0) is 13.3. The summed E-state index contributed by atoms with van der Waals surface area (Å²) in [6, 6.07) is 4.67. The van der Waals surface area contributed by atoms with Crippen LogP contribution in [0.15, 0.2) is 18.2 Å². The summed E-state index contributed by atoms with van der Waals surface area (Å²) < 4.78 is 29.5. The Hall–Kier alpha value is -1.04. The molecule has 0 saturated heterocycles. The molecule has 0 fully saturated rings. The van der Waals surface area contributed by atoms with E-state index in [-0.39, 0.29) is 18.2 Å². The molecule has 0 spiro atoms. The zero-order valence-corrected chi connectivity index (χ0v) is 11.7. The first-order chi connectivity index (χ1) is 8.40. The van der Waals surface area contributed by atoms with Gasteiger partial charge < -0.3 is 15.5 Å². The highest BCUT2D eigenvalue weighted by atomic mass is 35.5. The van der Waals surface area contributed by atoms with E-state index in [2.05, 4.69) is 9.72 Å². The number of aromatic nitrogens is 1. The van der Waals surface area contributed by atoms with Crippen molar-refractivity contribution in [2.75, 3.05) is 6.54 Å². The molecule has 0 radical (unpaired) electrons. The number of ether oxygens (including phenoxy) is 1. The van der Waals surface area contributed by atoms with Crippen molar-refractivity contribution in [3.63, 3.8) is 0 Å². The van der Waals surface area contributed by atoms with Gasteiger partial charge in [-0.15, -0.1) is 21.2 Å². The SMILES string of the molecule is Cc1[nH]c2ccc(OC(F)(F)Cl)cc2c1CCN.Cl. The molecule has 0 atom stereocenters. The number of fused-ring (bicyclic) bond motifs is 1.